The summed E-state index contributed by atoms with van der Waals surface area (Å²) in [6.07, 6.45) is 7.37. The summed E-state index contributed by atoms with van der Waals surface area (Å²) in [6.45, 7) is 0. The third kappa shape index (κ3) is 3.34. The normalized spacial score (nSPS) is 23.6. The molecule has 1 saturated carbocycles. The number of hydrogen-bond acceptors (Lipinski definition) is 4. The second kappa shape index (κ2) is 6.87. The molecule has 6 heteroatoms. The van der Waals surface area contributed by atoms with Gasteiger partial charge in [-0.25, -0.2) is 9.18 Å². The highest BCUT2D eigenvalue weighted by Crippen LogP contribution is 2.38. The van der Waals surface area contributed by atoms with Gasteiger partial charge in [-0.2, -0.15) is 0 Å². The molecule has 1 atom stereocenters. The number of benzene rings is 1. The number of ether oxygens (including phenoxy) is 2. The molecule has 3 aliphatic rings. The summed E-state index contributed by atoms with van der Waals surface area (Å²) in [5.41, 5.74) is 1.94. The van der Waals surface area contributed by atoms with Crippen molar-refractivity contribution in [3.8, 4) is 5.75 Å². The number of hydrogen-bond donors (Lipinski definition) is 1. The molecule has 1 aliphatic heterocycles. The molecular formula is C19H21ClFNO3. The number of carbonyl (C=O) groups excluding carboxylic acids is 1. The fourth-order valence-electron chi connectivity index (χ4n) is 3.87. The quantitative estimate of drug-likeness (QED) is 0.765. The fraction of sp³-hybridized carbons (Fsp3) is 0.526. The third-order valence-corrected chi connectivity index (χ3v) is 5.50. The number of rotatable bonds is 4. The van der Waals surface area contributed by atoms with Gasteiger partial charge in [-0.3, -0.25) is 0 Å². The lowest BCUT2D eigenvalue weighted by Gasteiger charge is -2.21. The lowest BCUT2D eigenvalue weighted by molar-refractivity contribution is -0.138. The minimum absolute atomic E-state index is 0.132. The Bertz CT molecular complexity index is 728. The number of anilines is 1. The zero-order valence-electron chi connectivity index (χ0n) is 13.9. The Kier molecular flexibility index (Phi) is 4.59. The van der Waals surface area contributed by atoms with Crippen LogP contribution in [0.25, 0.3) is 0 Å². The molecule has 4 rings (SSSR count). The monoisotopic (exact) mass is 365 g/mol. The predicted molar refractivity (Wildman–Crippen MR) is 93.3 cm³/mol. The lowest BCUT2D eigenvalue weighted by Crippen LogP contribution is -2.23. The van der Waals surface area contributed by atoms with E-state index in [1.165, 1.54) is 6.07 Å². The summed E-state index contributed by atoms with van der Waals surface area (Å²) < 4.78 is 25.7. The summed E-state index contributed by atoms with van der Waals surface area (Å²) >= 11 is 6.14. The average Bonchev–Trinajstić information content (AvgIpc) is 3.21. The molecule has 0 amide bonds. The van der Waals surface area contributed by atoms with Gasteiger partial charge in [0, 0.05) is 17.2 Å². The van der Waals surface area contributed by atoms with Crippen LogP contribution in [0.2, 0.25) is 5.02 Å². The summed E-state index contributed by atoms with van der Waals surface area (Å²) in [5.74, 6) is -0.298. The first-order valence-electron chi connectivity index (χ1n) is 8.97. The fourth-order valence-corrected chi connectivity index (χ4v) is 4.07. The van der Waals surface area contributed by atoms with Gasteiger partial charge in [-0.1, -0.05) is 11.6 Å². The van der Waals surface area contributed by atoms with E-state index >= 15 is 0 Å². The number of cyclic esters (lactones) is 1. The van der Waals surface area contributed by atoms with Crippen molar-refractivity contribution in [3.05, 3.63) is 34.1 Å². The topological polar surface area (TPSA) is 47.6 Å². The summed E-state index contributed by atoms with van der Waals surface area (Å²) in [5, 5.41) is 3.28. The van der Waals surface area contributed by atoms with E-state index < -0.39 is 12.0 Å². The van der Waals surface area contributed by atoms with Crippen molar-refractivity contribution in [2.24, 2.45) is 0 Å². The van der Waals surface area contributed by atoms with Crippen LogP contribution in [0.1, 0.15) is 51.4 Å². The van der Waals surface area contributed by atoms with Gasteiger partial charge < -0.3 is 14.8 Å². The first kappa shape index (κ1) is 16.7. The second-order valence-electron chi connectivity index (χ2n) is 6.93. The first-order chi connectivity index (χ1) is 12.1. The minimum Gasteiger partial charge on any atom is -0.489 e. The van der Waals surface area contributed by atoms with Gasteiger partial charge in [0.2, 0.25) is 0 Å². The Labute approximate surface area is 151 Å². The Morgan fingerprint density at radius 3 is 2.72 bits per heavy atom. The van der Waals surface area contributed by atoms with Crippen molar-refractivity contribution in [1.82, 2.24) is 0 Å². The van der Waals surface area contributed by atoms with Crippen LogP contribution in [0.15, 0.2) is 23.3 Å². The SMILES string of the molecule is O=C1OC(Nc2cc(OC3CCCC3)c(Cl)cc2F)C2=C1CCCC2. The molecule has 0 spiro atoms. The Balaban J connectivity index is 1.55. The lowest BCUT2D eigenvalue weighted by atomic mass is 9.92. The molecule has 0 radical (unpaired) electrons. The molecule has 1 aromatic carbocycles. The maximum absolute atomic E-state index is 14.4. The van der Waals surface area contributed by atoms with Crippen molar-refractivity contribution < 1.29 is 18.7 Å². The Morgan fingerprint density at radius 2 is 1.92 bits per heavy atom. The van der Waals surface area contributed by atoms with Gasteiger partial charge in [0.1, 0.15) is 11.6 Å². The van der Waals surface area contributed by atoms with Gasteiger partial charge in [0.05, 0.1) is 16.8 Å². The van der Waals surface area contributed by atoms with E-state index in [0.29, 0.717) is 5.75 Å². The van der Waals surface area contributed by atoms with E-state index in [1.807, 2.05) is 0 Å². The molecule has 1 unspecified atom stereocenters. The van der Waals surface area contributed by atoms with Gasteiger partial charge in [-0.05, 0) is 57.4 Å². The number of nitrogens with one attached hydrogen (secondary N) is 1. The van der Waals surface area contributed by atoms with E-state index in [2.05, 4.69) is 5.32 Å². The summed E-state index contributed by atoms with van der Waals surface area (Å²) in [6, 6.07) is 2.83. The van der Waals surface area contributed by atoms with E-state index in [9.17, 15) is 9.18 Å². The van der Waals surface area contributed by atoms with Crippen molar-refractivity contribution in [2.45, 2.75) is 63.7 Å². The first-order valence-corrected chi connectivity index (χ1v) is 9.35. The molecule has 0 bridgehead atoms. The molecule has 134 valence electrons. The highest BCUT2D eigenvalue weighted by molar-refractivity contribution is 6.32. The molecule has 0 saturated heterocycles. The molecule has 0 aromatic heterocycles. The Hall–Kier alpha value is -1.75. The van der Waals surface area contributed by atoms with Crippen molar-refractivity contribution in [2.75, 3.05) is 5.32 Å². The highest BCUT2D eigenvalue weighted by Gasteiger charge is 2.35. The van der Waals surface area contributed by atoms with Crippen molar-refractivity contribution >= 4 is 23.3 Å². The molecule has 1 heterocycles. The molecule has 1 aromatic rings. The Morgan fingerprint density at radius 1 is 1.16 bits per heavy atom. The molecule has 1 N–H and O–H groups in total. The zero-order valence-corrected chi connectivity index (χ0v) is 14.7. The van der Waals surface area contributed by atoms with Crippen molar-refractivity contribution in [1.29, 1.82) is 0 Å². The molecule has 25 heavy (non-hydrogen) atoms. The predicted octanol–water partition coefficient (Wildman–Crippen LogP) is 4.97. The maximum Gasteiger partial charge on any atom is 0.336 e. The molecular weight excluding hydrogens is 345 g/mol. The maximum atomic E-state index is 14.4. The van der Waals surface area contributed by atoms with Crippen LogP contribution < -0.4 is 10.1 Å². The molecule has 1 fully saturated rings. The standard InChI is InChI=1S/C19H21ClFNO3/c20-14-9-15(21)16(10-17(14)24-11-5-1-2-6-11)22-18-12-7-3-4-8-13(12)19(23)25-18/h9-11,18,22H,1-8H2. The van der Waals surface area contributed by atoms with E-state index in [4.69, 9.17) is 21.1 Å². The smallest absolute Gasteiger partial charge is 0.336 e. The molecule has 4 nitrogen and oxygen atoms in total. The number of halogens is 2. The van der Waals surface area contributed by atoms with E-state index in [1.54, 1.807) is 6.07 Å². The van der Waals surface area contributed by atoms with Crippen LogP contribution >= 0.6 is 11.6 Å². The van der Waals surface area contributed by atoms with Crippen LogP contribution in [0.5, 0.6) is 5.75 Å². The van der Waals surface area contributed by atoms with Crippen LogP contribution in [-0.2, 0) is 9.53 Å². The van der Waals surface area contributed by atoms with Gasteiger partial charge in [0.25, 0.3) is 0 Å². The minimum atomic E-state index is -0.599. The van der Waals surface area contributed by atoms with Crippen LogP contribution in [0.3, 0.4) is 0 Å². The van der Waals surface area contributed by atoms with Crippen LogP contribution in [-0.4, -0.2) is 18.3 Å². The van der Waals surface area contributed by atoms with E-state index in [-0.39, 0.29) is 22.8 Å². The van der Waals surface area contributed by atoms with Crippen molar-refractivity contribution in [3.63, 3.8) is 0 Å². The van der Waals surface area contributed by atoms with Gasteiger partial charge >= 0.3 is 5.97 Å². The van der Waals surface area contributed by atoms with Gasteiger partial charge in [-0.15, -0.1) is 0 Å². The zero-order chi connectivity index (χ0) is 17.4. The summed E-state index contributed by atoms with van der Waals surface area (Å²) in [4.78, 5) is 12.0. The number of carbonyl (C=O) groups is 1. The second-order valence-corrected chi connectivity index (χ2v) is 7.33. The number of esters is 1. The van der Waals surface area contributed by atoms with Crippen LogP contribution in [0, 0.1) is 5.82 Å². The largest absolute Gasteiger partial charge is 0.489 e. The van der Waals surface area contributed by atoms with E-state index in [0.717, 1.165) is 62.5 Å². The third-order valence-electron chi connectivity index (χ3n) is 5.20. The average molecular weight is 366 g/mol. The summed E-state index contributed by atoms with van der Waals surface area (Å²) in [7, 11) is 0. The highest BCUT2D eigenvalue weighted by atomic mass is 35.5. The van der Waals surface area contributed by atoms with Crippen LogP contribution in [0.4, 0.5) is 10.1 Å². The molecule has 2 aliphatic carbocycles. The van der Waals surface area contributed by atoms with Gasteiger partial charge in [0.15, 0.2) is 6.23 Å².